The molecule has 1 fully saturated rings. The van der Waals surface area contributed by atoms with Gasteiger partial charge in [-0.3, -0.25) is 14.5 Å². The first kappa shape index (κ1) is 26.3. The molecule has 2 heterocycles. The molecule has 39 heavy (non-hydrogen) atoms. The lowest BCUT2D eigenvalue weighted by molar-refractivity contribution is 0.0921. The maximum absolute atomic E-state index is 13.4. The first-order chi connectivity index (χ1) is 19.1. The van der Waals surface area contributed by atoms with Crippen LogP contribution in [0.4, 0.5) is 5.69 Å². The summed E-state index contributed by atoms with van der Waals surface area (Å²) in [5.74, 6) is 1.07. The van der Waals surface area contributed by atoms with Crippen LogP contribution in [0.3, 0.4) is 0 Å². The molecule has 0 spiro atoms. The van der Waals surface area contributed by atoms with Gasteiger partial charge >= 0.3 is 0 Å². The van der Waals surface area contributed by atoms with Gasteiger partial charge in [-0.15, -0.1) is 0 Å². The number of aromatic nitrogens is 1. The molecule has 0 aliphatic carbocycles. The van der Waals surface area contributed by atoms with Crippen LogP contribution in [0.2, 0.25) is 0 Å². The molecule has 1 amide bonds. The average Bonchev–Trinajstić information content (AvgIpc) is 2.98. The van der Waals surface area contributed by atoms with E-state index in [1.165, 1.54) is 6.20 Å². The van der Waals surface area contributed by atoms with Gasteiger partial charge in [-0.25, -0.2) is 0 Å². The standard InChI is InChI=1S/C31H34N4O4/c1-3-39-23-13-14-26-24(19-23)30(36)25(20-32-26)31(37)33-27(22-9-5-4-6-10-22)21-34-15-17-35(18-16-34)28-11-7-8-12-29(28)38-2/h4-14,19-20,27H,3,15-18,21H2,1-2H3,(H,32,36)(H,33,37). The van der Waals surface area contributed by atoms with E-state index >= 15 is 0 Å². The third kappa shape index (κ3) is 5.91. The molecule has 8 nitrogen and oxygen atoms in total. The van der Waals surface area contributed by atoms with Crippen molar-refractivity contribution in [3.05, 3.63) is 100 Å². The Bertz CT molecular complexity index is 1480. The lowest BCUT2D eigenvalue weighted by Gasteiger charge is -2.38. The van der Waals surface area contributed by atoms with Crippen LogP contribution in [0.25, 0.3) is 10.9 Å². The van der Waals surface area contributed by atoms with Crippen molar-refractivity contribution in [1.82, 2.24) is 15.2 Å². The highest BCUT2D eigenvalue weighted by Gasteiger charge is 2.25. The molecule has 1 saturated heterocycles. The summed E-state index contributed by atoms with van der Waals surface area (Å²) in [7, 11) is 1.70. The van der Waals surface area contributed by atoms with Crippen molar-refractivity contribution in [2.45, 2.75) is 13.0 Å². The SMILES string of the molecule is CCOc1ccc2[nH]cc(C(=O)NC(CN3CCN(c4ccccc4OC)CC3)c3ccccc3)c(=O)c2c1. The lowest BCUT2D eigenvalue weighted by atomic mass is 10.0. The van der Waals surface area contributed by atoms with E-state index in [1.54, 1.807) is 25.3 Å². The van der Waals surface area contributed by atoms with Gasteiger partial charge in [0.2, 0.25) is 5.43 Å². The number of H-pyrrole nitrogens is 1. The van der Waals surface area contributed by atoms with Crippen molar-refractivity contribution in [2.75, 3.05) is 51.3 Å². The number of pyridine rings is 1. The molecule has 3 aromatic carbocycles. The lowest BCUT2D eigenvalue weighted by Crippen LogP contribution is -2.49. The topological polar surface area (TPSA) is 86.9 Å². The van der Waals surface area contributed by atoms with Gasteiger partial charge in [0.1, 0.15) is 17.1 Å². The first-order valence-electron chi connectivity index (χ1n) is 13.3. The van der Waals surface area contributed by atoms with Crippen molar-refractivity contribution in [2.24, 2.45) is 0 Å². The number of nitrogens with zero attached hydrogens (tertiary/aromatic N) is 2. The molecule has 0 saturated carbocycles. The Kier molecular flexibility index (Phi) is 8.13. The number of amides is 1. The number of anilines is 1. The van der Waals surface area contributed by atoms with Gasteiger partial charge in [-0.1, -0.05) is 42.5 Å². The highest BCUT2D eigenvalue weighted by Crippen LogP contribution is 2.28. The third-order valence-electron chi connectivity index (χ3n) is 7.15. The molecule has 1 aliphatic rings. The zero-order valence-corrected chi connectivity index (χ0v) is 22.4. The predicted molar refractivity (Wildman–Crippen MR) is 154 cm³/mol. The molecule has 5 rings (SSSR count). The van der Waals surface area contributed by atoms with Crippen LogP contribution in [-0.4, -0.2) is 62.2 Å². The van der Waals surface area contributed by atoms with Gasteiger partial charge in [0.15, 0.2) is 0 Å². The van der Waals surface area contributed by atoms with Gasteiger partial charge < -0.3 is 24.7 Å². The van der Waals surface area contributed by atoms with Gasteiger partial charge in [-0.05, 0) is 42.8 Å². The maximum atomic E-state index is 13.4. The molecule has 0 bridgehead atoms. The summed E-state index contributed by atoms with van der Waals surface area (Å²) in [6.45, 7) is 6.40. The fourth-order valence-corrected chi connectivity index (χ4v) is 5.10. The quantitative estimate of drug-likeness (QED) is 0.340. The minimum atomic E-state index is -0.401. The Labute approximate surface area is 228 Å². The second kappa shape index (κ2) is 12.0. The molecule has 1 aromatic heterocycles. The summed E-state index contributed by atoms with van der Waals surface area (Å²) in [6.07, 6.45) is 1.49. The summed E-state index contributed by atoms with van der Waals surface area (Å²) in [5.41, 5.74) is 2.51. The summed E-state index contributed by atoms with van der Waals surface area (Å²) in [4.78, 5) is 34.5. The Balaban J connectivity index is 1.33. The number of carbonyl (C=O) groups excluding carboxylic acids is 1. The molecular formula is C31H34N4O4. The molecular weight excluding hydrogens is 492 g/mol. The Morgan fingerprint density at radius 1 is 1.00 bits per heavy atom. The van der Waals surface area contributed by atoms with Crippen LogP contribution >= 0.6 is 0 Å². The van der Waals surface area contributed by atoms with E-state index in [9.17, 15) is 9.59 Å². The first-order valence-corrected chi connectivity index (χ1v) is 13.3. The number of methoxy groups -OCH3 is 1. The summed E-state index contributed by atoms with van der Waals surface area (Å²) >= 11 is 0. The number of benzene rings is 3. The van der Waals surface area contributed by atoms with E-state index in [0.717, 1.165) is 43.2 Å². The molecule has 0 radical (unpaired) electrons. The molecule has 1 atom stereocenters. The molecule has 202 valence electrons. The maximum Gasteiger partial charge on any atom is 0.257 e. The van der Waals surface area contributed by atoms with E-state index in [4.69, 9.17) is 9.47 Å². The van der Waals surface area contributed by atoms with E-state index in [-0.39, 0.29) is 17.0 Å². The van der Waals surface area contributed by atoms with E-state index < -0.39 is 5.91 Å². The number of hydrogen-bond acceptors (Lipinski definition) is 6. The van der Waals surface area contributed by atoms with E-state index in [1.807, 2.05) is 55.5 Å². The average molecular weight is 527 g/mol. The fraction of sp³-hybridized carbons (Fsp3) is 0.290. The number of piperazine rings is 1. The van der Waals surface area contributed by atoms with Crippen LogP contribution < -0.4 is 25.1 Å². The van der Waals surface area contributed by atoms with Crippen molar-refractivity contribution < 1.29 is 14.3 Å². The van der Waals surface area contributed by atoms with Crippen LogP contribution in [0.15, 0.2) is 83.8 Å². The van der Waals surface area contributed by atoms with Crippen molar-refractivity contribution >= 4 is 22.5 Å². The van der Waals surface area contributed by atoms with Crippen LogP contribution in [0.1, 0.15) is 28.9 Å². The van der Waals surface area contributed by atoms with E-state index in [2.05, 4.69) is 26.2 Å². The Morgan fingerprint density at radius 2 is 1.74 bits per heavy atom. The Hall–Kier alpha value is -4.30. The molecule has 8 heteroatoms. The largest absolute Gasteiger partial charge is 0.495 e. The highest BCUT2D eigenvalue weighted by molar-refractivity contribution is 5.97. The predicted octanol–water partition coefficient (Wildman–Crippen LogP) is 4.23. The minimum absolute atomic E-state index is 0.0815. The van der Waals surface area contributed by atoms with E-state index in [0.29, 0.717) is 29.8 Å². The Morgan fingerprint density at radius 3 is 2.49 bits per heavy atom. The molecule has 4 aromatic rings. The third-order valence-corrected chi connectivity index (χ3v) is 7.15. The second-order valence-electron chi connectivity index (χ2n) is 9.57. The monoisotopic (exact) mass is 526 g/mol. The smallest absolute Gasteiger partial charge is 0.257 e. The summed E-state index contributed by atoms with van der Waals surface area (Å²) in [6, 6.07) is 23.0. The summed E-state index contributed by atoms with van der Waals surface area (Å²) in [5, 5.41) is 3.57. The number of fused-ring (bicyclic) bond motifs is 1. The van der Waals surface area contributed by atoms with Gasteiger partial charge in [0.05, 0.1) is 25.4 Å². The van der Waals surface area contributed by atoms with Crippen molar-refractivity contribution in [1.29, 1.82) is 0 Å². The molecule has 2 N–H and O–H groups in total. The normalized spacial score (nSPS) is 14.7. The van der Waals surface area contributed by atoms with Crippen molar-refractivity contribution in [3.8, 4) is 11.5 Å². The highest BCUT2D eigenvalue weighted by atomic mass is 16.5. The van der Waals surface area contributed by atoms with Gasteiger partial charge in [0, 0.05) is 49.8 Å². The minimum Gasteiger partial charge on any atom is -0.495 e. The molecule has 1 aliphatic heterocycles. The fourth-order valence-electron chi connectivity index (χ4n) is 5.10. The number of ether oxygens (including phenoxy) is 2. The van der Waals surface area contributed by atoms with Crippen LogP contribution in [0, 0.1) is 0 Å². The van der Waals surface area contributed by atoms with Gasteiger partial charge in [0.25, 0.3) is 5.91 Å². The number of carbonyl (C=O) groups is 1. The van der Waals surface area contributed by atoms with Crippen LogP contribution in [-0.2, 0) is 0 Å². The van der Waals surface area contributed by atoms with Gasteiger partial charge in [-0.2, -0.15) is 0 Å². The zero-order chi connectivity index (χ0) is 27.2. The second-order valence-corrected chi connectivity index (χ2v) is 9.57. The number of aromatic amines is 1. The number of rotatable bonds is 9. The number of nitrogens with one attached hydrogen (secondary N) is 2. The molecule has 1 unspecified atom stereocenters. The number of hydrogen-bond donors (Lipinski definition) is 2. The number of para-hydroxylation sites is 2. The van der Waals surface area contributed by atoms with Crippen molar-refractivity contribution in [3.63, 3.8) is 0 Å². The van der Waals surface area contributed by atoms with Crippen LogP contribution in [0.5, 0.6) is 11.5 Å². The summed E-state index contributed by atoms with van der Waals surface area (Å²) < 4.78 is 11.1. The zero-order valence-electron chi connectivity index (χ0n) is 22.4.